The summed E-state index contributed by atoms with van der Waals surface area (Å²) < 4.78 is 10.2. The number of ketones is 2. The number of ether oxygens (including phenoxy) is 2. The summed E-state index contributed by atoms with van der Waals surface area (Å²) in [5, 5.41) is 0. The van der Waals surface area contributed by atoms with Gasteiger partial charge in [-0.3, -0.25) is 9.59 Å². The first-order valence-electron chi connectivity index (χ1n) is 18.5. The monoisotopic (exact) mass is 746 g/mol. The Balaban J connectivity index is 0.000000219. The second-order valence-electron chi connectivity index (χ2n) is 13.9. The van der Waals surface area contributed by atoms with Crippen molar-refractivity contribution in [3.63, 3.8) is 0 Å². The summed E-state index contributed by atoms with van der Waals surface area (Å²) >= 11 is 0. The molecule has 0 atom stereocenters. The van der Waals surface area contributed by atoms with E-state index in [0.717, 1.165) is 24.0 Å². The van der Waals surface area contributed by atoms with Crippen molar-refractivity contribution in [2.24, 2.45) is 0 Å². The number of rotatable bonds is 9. The van der Waals surface area contributed by atoms with Crippen molar-refractivity contribution in [1.82, 2.24) is 0 Å². The molecule has 0 aliphatic rings. The topological polar surface area (TPSA) is 86.7 Å². The zero-order valence-corrected chi connectivity index (χ0v) is 33.6. The zero-order chi connectivity index (χ0) is 40.8. The van der Waals surface area contributed by atoms with Gasteiger partial charge in [-0.15, -0.1) is 0 Å². The molecule has 0 heterocycles. The van der Waals surface area contributed by atoms with Gasteiger partial charge >= 0.3 is 11.9 Å². The second-order valence-corrected chi connectivity index (χ2v) is 13.9. The molecule has 0 aliphatic carbocycles. The molecule has 0 amide bonds. The van der Waals surface area contributed by atoms with Gasteiger partial charge in [0.1, 0.15) is 5.75 Å². The van der Waals surface area contributed by atoms with Crippen LogP contribution in [-0.2, 0) is 17.6 Å². The Morgan fingerprint density at radius 1 is 0.429 bits per heavy atom. The van der Waals surface area contributed by atoms with Crippen LogP contribution in [0.2, 0.25) is 0 Å². The Labute approximate surface area is 331 Å². The molecule has 6 nitrogen and oxygen atoms in total. The van der Waals surface area contributed by atoms with E-state index < -0.39 is 11.9 Å². The van der Waals surface area contributed by atoms with Gasteiger partial charge in [-0.25, -0.2) is 9.59 Å². The lowest BCUT2D eigenvalue weighted by atomic mass is 9.95. The fourth-order valence-corrected chi connectivity index (χ4v) is 6.15. The highest BCUT2D eigenvalue weighted by molar-refractivity contribution is 5.97. The van der Waals surface area contributed by atoms with Crippen molar-refractivity contribution in [3.05, 3.63) is 206 Å². The highest BCUT2D eigenvalue weighted by Gasteiger charge is 2.15. The van der Waals surface area contributed by atoms with E-state index in [9.17, 15) is 19.2 Å². The molecule has 0 N–H and O–H groups in total. The van der Waals surface area contributed by atoms with Crippen LogP contribution in [-0.4, -0.2) is 30.6 Å². The summed E-state index contributed by atoms with van der Waals surface area (Å²) in [5.41, 5.74) is 13.1. The van der Waals surface area contributed by atoms with Gasteiger partial charge in [0.15, 0.2) is 11.6 Å². The number of aryl methyl sites for hydroxylation is 4. The maximum atomic E-state index is 12.6. The predicted molar refractivity (Wildman–Crippen MR) is 224 cm³/mol. The van der Waals surface area contributed by atoms with Crippen molar-refractivity contribution >= 4 is 23.5 Å². The molecule has 0 spiro atoms. The Morgan fingerprint density at radius 2 is 0.768 bits per heavy atom. The average molecular weight is 747 g/mol. The first-order valence-corrected chi connectivity index (χ1v) is 18.5. The van der Waals surface area contributed by atoms with Crippen LogP contribution in [0.5, 0.6) is 5.75 Å². The van der Waals surface area contributed by atoms with Gasteiger partial charge in [0.2, 0.25) is 0 Å². The molecule has 0 aliphatic heterocycles. The summed E-state index contributed by atoms with van der Waals surface area (Å²) in [7, 11) is 1.32. The quantitative estimate of drug-likeness (QED) is 0.0832. The minimum absolute atomic E-state index is 0.0172. The maximum Gasteiger partial charge on any atom is 0.343 e. The van der Waals surface area contributed by atoms with Crippen molar-refractivity contribution in [3.8, 4) is 5.75 Å². The van der Waals surface area contributed by atoms with Gasteiger partial charge in [0.05, 0.1) is 18.2 Å². The molecule has 0 radical (unpaired) electrons. The number of benzene rings is 6. The lowest BCUT2D eigenvalue weighted by Crippen LogP contribution is -2.11. The van der Waals surface area contributed by atoms with Crippen LogP contribution in [0.25, 0.3) is 0 Å². The fraction of sp³-hybridized carbons (Fsp3) is 0.200. The zero-order valence-electron chi connectivity index (χ0n) is 33.6. The molecule has 6 aromatic rings. The molecule has 6 rings (SSSR count). The van der Waals surface area contributed by atoms with Crippen LogP contribution in [0.4, 0.5) is 0 Å². The highest BCUT2D eigenvalue weighted by atomic mass is 16.5. The maximum absolute atomic E-state index is 12.6. The van der Waals surface area contributed by atoms with Gasteiger partial charge < -0.3 is 9.47 Å². The largest absolute Gasteiger partial charge is 0.465 e. The van der Waals surface area contributed by atoms with Crippen molar-refractivity contribution < 1.29 is 28.7 Å². The Kier molecular flexibility index (Phi) is 15.4. The molecule has 0 bridgehead atoms. The molecule has 0 saturated carbocycles. The van der Waals surface area contributed by atoms with Crippen molar-refractivity contribution in [2.75, 3.05) is 7.11 Å². The Bertz CT molecular complexity index is 2190. The molecule has 0 saturated heterocycles. The van der Waals surface area contributed by atoms with E-state index in [4.69, 9.17) is 4.74 Å². The SMILES string of the molecule is CC(=O)c1ccc(C(=O)Oc2c(C)cc(Cc3cc(C)c(C)c(C)c3)cc2C)cc1.COC(=O)c1ccc(C(C)=O)cc1.c1ccc(Cc2ccccc2)cc1. The van der Waals surface area contributed by atoms with Gasteiger partial charge in [-0.05, 0) is 136 Å². The van der Waals surface area contributed by atoms with Crippen LogP contribution in [0.15, 0.2) is 133 Å². The normalized spacial score (nSPS) is 10.2. The third-order valence-electron chi connectivity index (χ3n) is 9.44. The fourth-order valence-electron chi connectivity index (χ4n) is 6.15. The molecule has 6 aromatic carbocycles. The third-order valence-corrected chi connectivity index (χ3v) is 9.44. The lowest BCUT2D eigenvalue weighted by Gasteiger charge is -2.14. The van der Waals surface area contributed by atoms with E-state index in [2.05, 4.69) is 110 Å². The van der Waals surface area contributed by atoms with Crippen LogP contribution in [0.3, 0.4) is 0 Å². The van der Waals surface area contributed by atoms with Crippen molar-refractivity contribution in [1.29, 1.82) is 0 Å². The molecule has 0 aromatic heterocycles. The summed E-state index contributed by atoms with van der Waals surface area (Å²) in [6, 6.07) is 42.6. The summed E-state index contributed by atoms with van der Waals surface area (Å²) in [5.74, 6) is -0.271. The average Bonchev–Trinajstić information content (AvgIpc) is 3.19. The highest BCUT2D eigenvalue weighted by Crippen LogP contribution is 2.28. The van der Waals surface area contributed by atoms with E-state index in [1.54, 1.807) is 48.5 Å². The number of Topliss-reactive ketones (excluding diaryl/α,β-unsaturated/α-hetero) is 2. The molecule has 0 fully saturated rings. The van der Waals surface area contributed by atoms with Crippen LogP contribution in [0.1, 0.15) is 105 Å². The van der Waals surface area contributed by atoms with E-state index >= 15 is 0 Å². The van der Waals surface area contributed by atoms with Gasteiger partial charge in [0.25, 0.3) is 0 Å². The first kappa shape index (κ1) is 42.3. The van der Waals surface area contributed by atoms with Gasteiger partial charge in [-0.1, -0.05) is 109 Å². The van der Waals surface area contributed by atoms with E-state index in [1.165, 1.54) is 59.9 Å². The molecule has 6 heteroatoms. The minimum Gasteiger partial charge on any atom is -0.465 e. The number of esters is 2. The van der Waals surface area contributed by atoms with Crippen LogP contribution >= 0.6 is 0 Å². The summed E-state index contributed by atoms with van der Waals surface area (Å²) in [6.45, 7) is 13.3. The van der Waals surface area contributed by atoms with E-state index in [0.29, 0.717) is 28.0 Å². The number of hydrogen-bond donors (Lipinski definition) is 0. The summed E-state index contributed by atoms with van der Waals surface area (Å²) in [4.78, 5) is 45.9. The second kappa shape index (κ2) is 20.3. The van der Waals surface area contributed by atoms with Crippen LogP contribution < -0.4 is 4.74 Å². The van der Waals surface area contributed by atoms with Crippen molar-refractivity contribution in [2.45, 2.75) is 61.3 Å². The molecule has 0 unspecified atom stereocenters. The molecular formula is C50H50O6. The van der Waals surface area contributed by atoms with E-state index in [-0.39, 0.29) is 11.6 Å². The lowest BCUT2D eigenvalue weighted by molar-refractivity contribution is 0.0599. The van der Waals surface area contributed by atoms with Gasteiger partial charge in [-0.2, -0.15) is 0 Å². The molecule has 56 heavy (non-hydrogen) atoms. The minimum atomic E-state index is -0.422. The number of carbonyl (C=O) groups is 4. The third kappa shape index (κ3) is 12.3. The number of carbonyl (C=O) groups excluding carboxylic acids is 4. The molecule has 286 valence electrons. The number of methoxy groups -OCH3 is 1. The standard InChI is InChI=1S/C27H28O3.C13H12.C10H10O3/c1-16-11-22(12-17(2)20(16)5)15-23-13-18(3)26(19(4)14-23)30-27(29)25-9-7-24(8-10-25)21(6)28;1-3-7-12(8-4-1)11-13-9-5-2-6-10-13;1-7(11)8-3-5-9(6-4-8)10(12)13-2/h7-14H,15H2,1-6H3;1-10H,11H2;3-6H,1-2H3. The summed E-state index contributed by atoms with van der Waals surface area (Å²) in [6.07, 6.45) is 1.87. The van der Waals surface area contributed by atoms with Crippen LogP contribution in [0, 0.1) is 34.6 Å². The van der Waals surface area contributed by atoms with E-state index in [1.807, 2.05) is 13.8 Å². The molecular weight excluding hydrogens is 697 g/mol. The first-order chi connectivity index (χ1) is 26.7. The van der Waals surface area contributed by atoms with Gasteiger partial charge in [0, 0.05) is 11.1 Å². The smallest absolute Gasteiger partial charge is 0.343 e. The Hall–Kier alpha value is -6.40. The Morgan fingerprint density at radius 3 is 1.14 bits per heavy atom. The number of hydrogen-bond acceptors (Lipinski definition) is 6. The predicted octanol–water partition coefficient (Wildman–Crippen LogP) is 11.2.